The molecule has 7 N–H and O–H groups in total. The van der Waals surface area contributed by atoms with Gasteiger partial charge in [-0.3, -0.25) is 19.6 Å². The molecule has 2 atom stereocenters. The molecule has 9 heteroatoms. The van der Waals surface area contributed by atoms with Crippen molar-refractivity contribution in [1.29, 1.82) is 0 Å². The number of hydrogen-bond donors (Lipinski definition) is 6. The second kappa shape index (κ2) is 11.1. The molecule has 0 aliphatic heterocycles. The van der Waals surface area contributed by atoms with E-state index in [2.05, 4.69) is 10.6 Å². The Balaban J connectivity index is 0.00000576. The summed E-state index contributed by atoms with van der Waals surface area (Å²) in [6, 6.07) is 4.47. The first kappa shape index (κ1) is 22.5. The number of aliphatic hydroxyl groups excluding tert-OH is 1. The lowest BCUT2D eigenvalue weighted by molar-refractivity contribution is -0.133. The molecule has 9 nitrogen and oxygen atoms in total. The van der Waals surface area contributed by atoms with Crippen molar-refractivity contribution in [2.24, 2.45) is 5.73 Å². The van der Waals surface area contributed by atoms with Crippen molar-refractivity contribution < 1.29 is 24.7 Å². The zero-order chi connectivity index (χ0) is 18.1. The molecule has 0 fully saturated rings. The number of carbonyl (C=O) groups excluding carboxylic acids is 3. The van der Waals surface area contributed by atoms with Crippen LogP contribution in [-0.2, 0) is 4.79 Å². The maximum Gasteiger partial charge on any atom is 0.268 e. The summed E-state index contributed by atoms with van der Waals surface area (Å²) in [5.41, 5.74) is 7.29. The van der Waals surface area contributed by atoms with Crippen LogP contribution in [0.15, 0.2) is 24.3 Å². The Morgan fingerprint density at radius 2 is 1.64 bits per heavy atom. The Bertz CT molecular complexity index is 574. The maximum atomic E-state index is 12.1. The zero-order valence-corrected chi connectivity index (χ0v) is 13.3. The smallest absolute Gasteiger partial charge is 0.268 e. The number of aliphatic hydroxyl groups is 1. The summed E-state index contributed by atoms with van der Waals surface area (Å²) in [6.45, 7) is 2.24. The second-order valence-corrected chi connectivity index (χ2v) is 5.14. The van der Waals surface area contributed by atoms with Gasteiger partial charge in [0.05, 0.1) is 6.10 Å². The van der Waals surface area contributed by atoms with Crippen molar-refractivity contribution in [3.8, 4) is 0 Å². The second-order valence-electron chi connectivity index (χ2n) is 5.14. The largest absolute Gasteiger partial charge is 0.391 e. The van der Waals surface area contributed by atoms with Crippen LogP contribution in [0.2, 0.25) is 0 Å². The third kappa shape index (κ3) is 6.87. The molecule has 0 spiro atoms. The molecule has 0 heterocycles. The van der Waals surface area contributed by atoms with Gasteiger partial charge in [0.1, 0.15) is 6.04 Å². The number of rotatable bonds is 8. The van der Waals surface area contributed by atoms with Crippen molar-refractivity contribution >= 4 is 17.7 Å². The zero-order valence-electron chi connectivity index (χ0n) is 13.3. The van der Waals surface area contributed by atoms with E-state index in [9.17, 15) is 19.5 Å². The summed E-state index contributed by atoms with van der Waals surface area (Å²) in [5.74, 6) is -1.84. The Labute approximate surface area is 146 Å². The van der Waals surface area contributed by atoms with E-state index in [1.165, 1.54) is 36.7 Å². The van der Waals surface area contributed by atoms with Crippen molar-refractivity contribution in [1.82, 2.24) is 16.1 Å². The van der Waals surface area contributed by atoms with Crippen molar-refractivity contribution in [2.45, 2.75) is 32.9 Å². The van der Waals surface area contributed by atoms with E-state index in [4.69, 9.17) is 10.9 Å². The van der Waals surface area contributed by atoms with Gasteiger partial charge in [0.15, 0.2) is 0 Å². The molecular weight excluding hydrogens is 328 g/mol. The van der Waals surface area contributed by atoms with Gasteiger partial charge < -0.3 is 21.5 Å². The SMILES string of the molecule is C.C[C@@H](O)[C@H](NC(=O)c1ccc(C(=O)NCCCN)cc1)C(=O)NO. The van der Waals surface area contributed by atoms with Gasteiger partial charge in [-0.2, -0.15) is 0 Å². The van der Waals surface area contributed by atoms with E-state index in [-0.39, 0.29) is 18.9 Å². The van der Waals surface area contributed by atoms with Crippen LogP contribution in [0.3, 0.4) is 0 Å². The van der Waals surface area contributed by atoms with E-state index in [0.29, 0.717) is 25.1 Å². The molecule has 25 heavy (non-hydrogen) atoms. The molecular formula is C16H26N4O5. The third-order valence-electron chi connectivity index (χ3n) is 3.24. The van der Waals surface area contributed by atoms with Crippen LogP contribution in [0.5, 0.6) is 0 Å². The van der Waals surface area contributed by atoms with Gasteiger partial charge in [-0.05, 0) is 44.2 Å². The molecule has 0 aliphatic carbocycles. The summed E-state index contributed by atoms with van der Waals surface area (Å²) in [4.78, 5) is 35.3. The first-order chi connectivity index (χ1) is 11.4. The van der Waals surface area contributed by atoms with E-state index < -0.39 is 24.0 Å². The van der Waals surface area contributed by atoms with Crippen LogP contribution in [0.4, 0.5) is 0 Å². The molecule has 0 bridgehead atoms. The van der Waals surface area contributed by atoms with Crippen molar-refractivity contribution in [3.05, 3.63) is 35.4 Å². The molecule has 0 saturated carbocycles. The van der Waals surface area contributed by atoms with E-state index in [0.717, 1.165) is 0 Å². The number of benzene rings is 1. The van der Waals surface area contributed by atoms with E-state index in [1.807, 2.05) is 0 Å². The van der Waals surface area contributed by atoms with Gasteiger partial charge in [-0.1, -0.05) is 7.43 Å². The van der Waals surface area contributed by atoms with Gasteiger partial charge in [0, 0.05) is 17.7 Å². The molecule has 0 unspecified atom stereocenters. The molecule has 0 aliphatic rings. The number of nitrogens with one attached hydrogen (secondary N) is 3. The fourth-order valence-electron chi connectivity index (χ4n) is 1.88. The minimum Gasteiger partial charge on any atom is -0.391 e. The van der Waals surface area contributed by atoms with E-state index >= 15 is 0 Å². The summed E-state index contributed by atoms with van der Waals surface area (Å²) in [7, 11) is 0. The number of amides is 3. The van der Waals surface area contributed by atoms with Gasteiger partial charge in [0.25, 0.3) is 17.7 Å². The highest BCUT2D eigenvalue weighted by molar-refractivity contribution is 5.99. The van der Waals surface area contributed by atoms with Crippen LogP contribution in [-0.4, -0.2) is 53.3 Å². The van der Waals surface area contributed by atoms with Crippen LogP contribution in [0, 0.1) is 0 Å². The van der Waals surface area contributed by atoms with Crippen molar-refractivity contribution in [3.63, 3.8) is 0 Å². The lowest BCUT2D eigenvalue weighted by Gasteiger charge is -2.19. The molecule has 0 aromatic heterocycles. The Kier molecular flexibility index (Phi) is 10.0. The topological polar surface area (TPSA) is 154 Å². The number of hydroxylamine groups is 1. The lowest BCUT2D eigenvalue weighted by atomic mass is 10.1. The van der Waals surface area contributed by atoms with Gasteiger partial charge >= 0.3 is 0 Å². The van der Waals surface area contributed by atoms with Crippen LogP contribution >= 0.6 is 0 Å². The van der Waals surface area contributed by atoms with Gasteiger partial charge in [-0.15, -0.1) is 0 Å². The first-order valence-corrected chi connectivity index (χ1v) is 7.42. The van der Waals surface area contributed by atoms with Gasteiger partial charge in [0.2, 0.25) is 0 Å². The highest BCUT2D eigenvalue weighted by atomic mass is 16.5. The quantitative estimate of drug-likeness (QED) is 0.208. The van der Waals surface area contributed by atoms with Crippen molar-refractivity contribution in [2.75, 3.05) is 13.1 Å². The predicted molar refractivity (Wildman–Crippen MR) is 92.0 cm³/mol. The first-order valence-electron chi connectivity index (χ1n) is 7.42. The standard InChI is InChI=1S/C15H22N4O5.CH4/c1-9(20)12(15(23)19-24)18-14(22)11-5-3-10(4-6-11)13(21)17-8-2-7-16;/h3-6,9,12,20,24H,2,7-8,16H2,1H3,(H,17,21)(H,18,22)(H,19,23);1H4/t9-,12+;/m1./s1. The number of carbonyl (C=O) groups is 3. The third-order valence-corrected chi connectivity index (χ3v) is 3.24. The van der Waals surface area contributed by atoms with Crippen LogP contribution in [0.25, 0.3) is 0 Å². The van der Waals surface area contributed by atoms with Crippen LogP contribution in [0.1, 0.15) is 41.5 Å². The Hall–Kier alpha value is -2.49. The summed E-state index contributed by atoms with van der Waals surface area (Å²) >= 11 is 0. The Morgan fingerprint density at radius 3 is 2.08 bits per heavy atom. The normalized spacial score (nSPS) is 12.3. The number of hydrogen-bond acceptors (Lipinski definition) is 6. The molecule has 140 valence electrons. The molecule has 1 aromatic carbocycles. The summed E-state index contributed by atoms with van der Waals surface area (Å²) in [6.07, 6.45) is -0.534. The van der Waals surface area contributed by atoms with E-state index in [1.54, 1.807) is 0 Å². The fraction of sp³-hybridized carbons (Fsp3) is 0.438. The average molecular weight is 354 g/mol. The highest BCUT2D eigenvalue weighted by Gasteiger charge is 2.25. The monoisotopic (exact) mass is 354 g/mol. The number of nitrogens with two attached hydrogens (primary N) is 1. The minimum absolute atomic E-state index is 0. The molecule has 3 amide bonds. The van der Waals surface area contributed by atoms with Crippen LogP contribution < -0.4 is 21.8 Å². The highest BCUT2D eigenvalue weighted by Crippen LogP contribution is 2.06. The summed E-state index contributed by atoms with van der Waals surface area (Å²) in [5, 5.41) is 23.1. The molecule has 1 aromatic rings. The molecule has 1 rings (SSSR count). The average Bonchev–Trinajstić information content (AvgIpc) is 2.58. The molecule has 0 saturated heterocycles. The predicted octanol–water partition coefficient (Wildman–Crippen LogP) is -0.614. The van der Waals surface area contributed by atoms with Gasteiger partial charge in [-0.25, -0.2) is 5.48 Å². The fourth-order valence-corrected chi connectivity index (χ4v) is 1.88. The minimum atomic E-state index is -1.30. The lowest BCUT2D eigenvalue weighted by Crippen LogP contribution is -2.51. The Morgan fingerprint density at radius 1 is 1.12 bits per heavy atom. The summed E-state index contributed by atoms with van der Waals surface area (Å²) < 4.78 is 0. The molecule has 0 radical (unpaired) electrons. The maximum absolute atomic E-state index is 12.1.